The highest BCUT2D eigenvalue weighted by Crippen LogP contribution is 2.56. The minimum absolute atomic E-state index is 0.118. The Morgan fingerprint density at radius 3 is 2.03 bits per heavy atom. The highest BCUT2D eigenvalue weighted by molar-refractivity contribution is 8.17. The van der Waals surface area contributed by atoms with Gasteiger partial charge in [-0.15, -0.1) is 23.5 Å². The van der Waals surface area contributed by atoms with Crippen molar-refractivity contribution in [2.24, 2.45) is 5.92 Å². The maximum absolute atomic E-state index is 13.4. The number of fused-ring (bicyclic) bond motifs is 3. The zero-order valence-electron chi connectivity index (χ0n) is 19.7. The molecule has 1 fully saturated rings. The predicted molar refractivity (Wildman–Crippen MR) is 139 cm³/mol. The molecule has 4 nitrogen and oxygen atoms in total. The Morgan fingerprint density at radius 1 is 0.912 bits per heavy atom. The molecule has 176 valence electrons. The molecule has 2 atom stereocenters. The third-order valence-corrected chi connectivity index (χ3v) is 9.84. The van der Waals surface area contributed by atoms with Crippen LogP contribution in [0.2, 0.25) is 0 Å². The van der Waals surface area contributed by atoms with Crippen LogP contribution in [0, 0.1) is 5.92 Å². The number of rotatable bonds is 7. The van der Waals surface area contributed by atoms with Crippen molar-refractivity contribution in [2.45, 2.75) is 39.7 Å². The van der Waals surface area contributed by atoms with Gasteiger partial charge in [0, 0.05) is 28.7 Å². The van der Waals surface area contributed by atoms with Gasteiger partial charge in [0.15, 0.2) is 11.5 Å². The summed E-state index contributed by atoms with van der Waals surface area (Å²) in [5.41, 5.74) is 2.00. The molecule has 0 unspecified atom stereocenters. The number of hydrogen-bond acceptors (Lipinski definition) is 5. The van der Waals surface area contributed by atoms with Gasteiger partial charge >= 0.3 is 0 Å². The molecule has 0 radical (unpaired) electrons. The Morgan fingerprint density at radius 2 is 1.47 bits per heavy atom. The topological polar surface area (TPSA) is 38.8 Å². The maximum atomic E-state index is 13.4. The first-order valence-corrected chi connectivity index (χ1v) is 13.3. The van der Waals surface area contributed by atoms with Crippen molar-refractivity contribution in [3.05, 3.63) is 83.9 Å². The number of ether oxygens (including phenoxy) is 2. The summed E-state index contributed by atoms with van der Waals surface area (Å²) in [5, 5.41) is 0. The number of carbonyl (C=O) groups is 1. The number of amides is 1. The maximum Gasteiger partial charge on any atom is 0.223 e. The third-order valence-electron chi connectivity index (χ3n) is 7.06. The second-order valence-electron chi connectivity index (χ2n) is 8.85. The molecule has 1 amide bonds. The van der Waals surface area contributed by atoms with Crippen LogP contribution in [-0.2, 0) is 16.8 Å². The summed E-state index contributed by atoms with van der Waals surface area (Å²) in [6.07, 6.45) is 1.36. The van der Waals surface area contributed by atoms with E-state index in [1.165, 1.54) is 20.9 Å². The van der Waals surface area contributed by atoms with Gasteiger partial charge < -0.3 is 14.4 Å². The number of nitrogens with zero attached hydrogens (tertiary/aromatic N) is 1. The smallest absolute Gasteiger partial charge is 0.223 e. The number of thioether (sulfide) groups is 2. The van der Waals surface area contributed by atoms with Crippen LogP contribution in [0.1, 0.15) is 24.5 Å². The van der Waals surface area contributed by atoms with Crippen molar-refractivity contribution < 1.29 is 14.3 Å². The fourth-order valence-electron chi connectivity index (χ4n) is 5.31. The van der Waals surface area contributed by atoms with Crippen LogP contribution in [0.3, 0.4) is 0 Å². The van der Waals surface area contributed by atoms with Gasteiger partial charge in [0.1, 0.15) is 0 Å². The van der Waals surface area contributed by atoms with E-state index < -0.39 is 5.54 Å². The predicted octanol–water partition coefficient (Wildman–Crippen LogP) is 6.23. The summed E-state index contributed by atoms with van der Waals surface area (Å²) >= 11 is 3.72. The van der Waals surface area contributed by atoms with Gasteiger partial charge in [0.2, 0.25) is 5.91 Å². The molecule has 0 bridgehead atoms. The molecule has 6 heteroatoms. The fourth-order valence-corrected chi connectivity index (χ4v) is 8.38. The molecular weight excluding hydrogens is 462 g/mol. The molecule has 0 aromatic heterocycles. The van der Waals surface area contributed by atoms with Crippen molar-refractivity contribution in [3.8, 4) is 11.5 Å². The van der Waals surface area contributed by atoms with E-state index in [9.17, 15) is 4.79 Å². The molecule has 0 N–H and O–H groups in total. The number of methoxy groups -OCH3 is 2. The first-order valence-electron chi connectivity index (χ1n) is 11.5. The quantitative estimate of drug-likeness (QED) is 0.289. The van der Waals surface area contributed by atoms with Crippen molar-refractivity contribution in [1.29, 1.82) is 0 Å². The SMILES string of the molecule is COc1cc2c(cc1OC)[C@@]1(C)[C@H](C(Sc3ccccc3)Sc3ccccc3)CC(=O)N1CC2. The van der Waals surface area contributed by atoms with Gasteiger partial charge in [-0.25, -0.2) is 0 Å². The lowest BCUT2D eigenvalue weighted by atomic mass is 9.76. The Bertz CT molecular complexity index is 1130. The molecule has 0 saturated carbocycles. The zero-order chi connectivity index (χ0) is 23.7. The molecule has 3 aromatic rings. The summed E-state index contributed by atoms with van der Waals surface area (Å²) in [5.74, 6) is 1.81. The standard InChI is InChI=1S/C28H29NO3S2/c1-28-22-17-25(32-3)24(31-2)16-19(22)14-15-29(28)26(30)18-23(28)27(33-20-10-6-4-7-11-20)34-21-12-8-5-9-13-21/h4-13,16-17,23,27H,14-15,18H2,1-3H3/t23-,28-/m0/s1. The minimum Gasteiger partial charge on any atom is -0.493 e. The van der Waals surface area contributed by atoms with Crippen LogP contribution in [0.25, 0.3) is 0 Å². The normalized spacial score (nSPS) is 21.4. The summed E-state index contributed by atoms with van der Waals surface area (Å²) in [7, 11) is 3.34. The molecular formula is C28H29NO3S2. The average molecular weight is 492 g/mol. The van der Waals surface area contributed by atoms with Gasteiger partial charge in [-0.05, 0) is 60.9 Å². The van der Waals surface area contributed by atoms with Crippen LogP contribution in [-0.4, -0.2) is 36.2 Å². The molecule has 2 aliphatic rings. The number of hydrogen-bond donors (Lipinski definition) is 0. The molecule has 2 heterocycles. The van der Waals surface area contributed by atoms with E-state index in [1.54, 1.807) is 14.2 Å². The summed E-state index contributed by atoms with van der Waals surface area (Å²) < 4.78 is 11.4. The van der Waals surface area contributed by atoms with E-state index in [2.05, 4.69) is 72.5 Å². The van der Waals surface area contributed by atoms with E-state index in [0.29, 0.717) is 12.2 Å². The lowest BCUT2D eigenvalue weighted by molar-refractivity contribution is -0.131. The Labute approximate surface area is 210 Å². The lowest BCUT2D eigenvalue weighted by Crippen LogP contribution is -2.50. The van der Waals surface area contributed by atoms with Crippen molar-refractivity contribution >= 4 is 29.4 Å². The van der Waals surface area contributed by atoms with Crippen molar-refractivity contribution in [3.63, 3.8) is 0 Å². The first kappa shape index (κ1) is 23.2. The van der Waals surface area contributed by atoms with Gasteiger partial charge in [0.05, 0.1) is 24.3 Å². The summed E-state index contributed by atoms with van der Waals surface area (Å²) in [6.45, 7) is 2.98. The Kier molecular flexibility index (Phi) is 6.54. The van der Waals surface area contributed by atoms with E-state index in [0.717, 1.165) is 18.7 Å². The Hall–Kier alpha value is -2.57. The van der Waals surface area contributed by atoms with Gasteiger partial charge in [-0.3, -0.25) is 4.79 Å². The molecule has 0 spiro atoms. The van der Waals surface area contributed by atoms with Crippen LogP contribution in [0.15, 0.2) is 82.6 Å². The van der Waals surface area contributed by atoms with Crippen LogP contribution in [0.4, 0.5) is 0 Å². The van der Waals surface area contributed by atoms with Crippen LogP contribution in [0.5, 0.6) is 11.5 Å². The van der Waals surface area contributed by atoms with Crippen LogP contribution >= 0.6 is 23.5 Å². The number of benzene rings is 3. The van der Waals surface area contributed by atoms with Gasteiger partial charge in [0.25, 0.3) is 0 Å². The van der Waals surface area contributed by atoms with Gasteiger partial charge in [-0.2, -0.15) is 0 Å². The summed E-state index contributed by atoms with van der Waals surface area (Å²) in [6, 6.07) is 25.2. The molecule has 34 heavy (non-hydrogen) atoms. The molecule has 2 aliphatic heterocycles. The van der Waals surface area contributed by atoms with Crippen molar-refractivity contribution in [1.82, 2.24) is 4.90 Å². The van der Waals surface area contributed by atoms with Crippen molar-refractivity contribution in [2.75, 3.05) is 20.8 Å². The molecule has 1 saturated heterocycles. The first-order chi connectivity index (χ1) is 16.5. The fraction of sp³-hybridized carbons (Fsp3) is 0.321. The van der Waals surface area contributed by atoms with E-state index >= 15 is 0 Å². The van der Waals surface area contributed by atoms with Gasteiger partial charge in [-0.1, -0.05) is 36.4 Å². The molecule has 0 aliphatic carbocycles. The lowest BCUT2D eigenvalue weighted by Gasteiger charge is -2.46. The largest absolute Gasteiger partial charge is 0.493 e. The van der Waals surface area contributed by atoms with E-state index in [4.69, 9.17) is 9.47 Å². The zero-order valence-corrected chi connectivity index (χ0v) is 21.3. The number of carbonyl (C=O) groups excluding carboxylic acids is 1. The summed E-state index contributed by atoms with van der Waals surface area (Å²) in [4.78, 5) is 17.9. The molecule has 5 rings (SSSR count). The monoisotopic (exact) mass is 491 g/mol. The second-order valence-corrected chi connectivity index (χ2v) is 11.6. The molecule has 3 aromatic carbocycles. The highest BCUT2D eigenvalue weighted by atomic mass is 32.2. The average Bonchev–Trinajstić information content (AvgIpc) is 3.14. The Balaban J connectivity index is 1.60. The highest BCUT2D eigenvalue weighted by Gasteiger charge is 2.56. The minimum atomic E-state index is -0.418. The second kappa shape index (κ2) is 9.59. The van der Waals surface area contributed by atoms with E-state index in [-0.39, 0.29) is 16.4 Å². The van der Waals surface area contributed by atoms with E-state index in [1.807, 2.05) is 35.7 Å². The van der Waals surface area contributed by atoms with Crippen LogP contribution < -0.4 is 9.47 Å². The third kappa shape index (κ3) is 4.07.